The van der Waals surface area contributed by atoms with E-state index in [0.717, 1.165) is 31.4 Å². The molecule has 0 spiro atoms. The van der Waals surface area contributed by atoms with Crippen LogP contribution >= 0.6 is 0 Å². The highest BCUT2D eigenvalue weighted by Crippen LogP contribution is 2.25. The number of nitrogens with one attached hydrogen (secondary N) is 2. The standard InChI is InChI=1S/C19H21N9O2/c20-17(29)14-11-21-19(25-15-6-1-2-7-16(15)27-30)26-18(14)24-12-4-3-5-13(10-12)28-22-8-9-23-28/h3-5,8-11,15-16H,1-2,6-7H2,(H2,20,29)(H2,21,24,25,26)/t15-,16+/m1/s1. The maximum Gasteiger partial charge on any atom is 0.254 e. The molecule has 11 heteroatoms. The number of nitrogens with two attached hydrogens (primary N) is 1. The fourth-order valence-electron chi connectivity index (χ4n) is 3.49. The quantitative estimate of drug-likeness (QED) is 0.505. The van der Waals surface area contributed by atoms with Gasteiger partial charge in [-0.15, -0.1) is 0 Å². The van der Waals surface area contributed by atoms with Gasteiger partial charge in [0.1, 0.15) is 17.4 Å². The molecule has 2 aromatic heterocycles. The Balaban J connectivity index is 1.60. The van der Waals surface area contributed by atoms with Gasteiger partial charge in [0.25, 0.3) is 5.91 Å². The third-order valence-corrected chi connectivity index (χ3v) is 4.99. The van der Waals surface area contributed by atoms with Crippen LogP contribution in [0, 0.1) is 4.91 Å². The Bertz CT molecular complexity index is 1040. The van der Waals surface area contributed by atoms with Gasteiger partial charge in [-0.25, -0.2) is 4.98 Å². The minimum Gasteiger partial charge on any atom is -0.365 e. The average molecular weight is 407 g/mol. The van der Waals surface area contributed by atoms with Gasteiger partial charge in [0.2, 0.25) is 5.95 Å². The Morgan fingerprint density at radius 1 is 1.20 bits per heavy atom. The van der Waals surface area contributed by atoms with Crippen LogP contribution in [0.1, 0.15) is 36.0 Å². The first kappa shape index (κ1) is 19.4. The van der Waals surface area contributed by atoms with Gasteiger partial charge >= 0.3 is 0 Å². The maximum absolute atomic E-state index is 11.9. The van der Waals surface area contributed by atoms with Crippen LogP contribution in [-0.4, -0.2) is 43.0 Å². The minimum atomic E-state index is -0.654. The van der Waals surface area contributed by atoms with Crippen molar-refractivity contribution >= 4 is 23.4 Å². The van der Waals surface area contributed by atoms with Gasteiger partial charge in [-0.05, 0) is 31.0 Å². The molecular weight excluding hydrogens is 386 g/mol. The first-order chi connectivity index (χ1) is 14.6. The Hall–Kier alpha value is -3.89. The number of anilines is 3. The summed E-state index contributed by atoms with van der Waals surface area (Å²) in [5.41, 5.74) is 7.05. The third-order valence-electron chi connectivity index (χ3n) is 4.99. The highest BCUT2D eigenvalue weighted by molar-refractivity contribution is 5.98. The maximum atomic E-state index is 11.9. The number of nitrogens with zero attached hydrogens (tertiary/aromatic N) is 6. The average Bonchev–Trinajstić information content (AvgIpc) is 3.29. The van der Waals surface area contributed by atoms with E-state index in [9.17, 15) is 9.70 Å². The number of rotatable bonds is 7. The molecule has 1 aliphatic rings. The summed E-state index contributed by atoms with van der Waals surface area (Å²) in [6, 6.07) is 6.84. The molecule has 0 bridgehead atoms. The molecule has 4 N–H and O–H groups in total. The largest absolute Gasteiger partial charge is 0.365 e. The van der Waals surface area contributed by atoms with Crippen LogP contribution < -0.4 is 16.4 Å². The lowest BCUT2D eigenvalue weighted by Gasteiger charge is -2.27. The van der Waals surface area contributed by atoms with E-state index in [1.807, 2.05) is 24.3 Å². The van der Waals surface area contributed by atoms with Crippen LogP contribution in [0.15, 0.2) is 48.0 Å². The number of carbonyl (C=O) groups excluding carboxylic acids is 1. The number of benzene rings is 1. The van der Waals surface area contributed by atoms with Crippen molar-refractivity contribution < 1.29 is 4.79 Å². The Morgan fingerprint density at radius 3 is 2.77 bits per heavy atom. The van der Waals surface area contributed by atoms with Crippen LogP contribution in [0.5, 0.6) is 0 Å². The van der Waals surface area contributed by atoms with E-state index < -0.39 is 5.91 Å². The molecule has 2 heterocycles. The fraction of sp³-hybridized carbons (Fsp3) is 0.316. The monoisotopic (exact) mass is 407 g/mol. The summed E-state index contributed by atoms with van der Waals surface area (Å²) < 4.78 is 0. The van der Waals surface area contributed by atoms with Crippen molar-refractivity contribution in [1.82, 2.24) is 25.0 Å². The molecule has 11 nitrogen and oxygen atoms in total. The number of amides is 1. The smallest absolute Gasteiger partial charge is 0.254 e. The summed E-state index contributed by atoms with van der Waals surface area (Å²) in [4.78, 5) is 33.1. The molecule has 3 aromatic rings. The Kier molecular flexibility index (Phi) is 5.59. The number of hydrogen-bond donors (Lipinski definition) is 3. The van der Waals surface area contributed by atoms with Gasteiger partial charge in [0, 0.05) is 11.9 Å². The molecule has 1 aliphatic carbocycles. The van der Waals surface area contributed by atoms with Crippen LogP contribution in [0.4, 0.5) is 17.5 Å². The van der Waals surface area contributed by atoms with E-state index in [2.05, 4.69) is 36.0 Å². The van der Waals surface area contributed by atoms with Gasteiger partial charge in [-0.1, -0.05) is 24.1 Å². The van der Waals surface area contributed by atoms with Crippen LogP contribution in [-0.2, 0) is 0 Å². The SMILES string of the molecule is NC(=O)c1cnc(N[C@@H]2CCCC[C@@H]2N=O)nc1Nc1cccc(-n2nccn2)c1. The van der Waals surface area contributed by atoms with Crippen molar-refractivity contribution in [2.45, 2.75) is 37.8 Å². The zero-order chi connectivity index (χ0) is 20.9. The zero-order valence-corrected chi connectivity index (χ0v) is 16.1. The Morgan fingerprint density at radius 2 is 2.00 bits per heavy atom. The van der Waals surface area contributed by atoms with Crippen LogP contribution in [0.25, 0.3) is 5.69 Å². The summed E-state index contributed by atoms with van der Waals surface area (Å²) in [7, 11) is 0. The highest BCUT2D eigenvalue weighted by Gasteiger charge is 2.27. The van der Waals surface area contributed by atoms with Crippen LogP contribution in [0.2, 0.25) is 0 Å². The molecule has 0 radical (unpaired) electrons. The Labute approximate surface area is 172 Å². The van der Waals surface area contributed by atoms with Crippen molar-refractivity contribution in [1.29, 1.82) is 0 Å². The van der Waals surface area contributed by atoms with E-state index in [1.165, 1.54) is 11.0 Å². The predicted octanol–water partition coefficient (Wildman–Crippen LogP) is 2.39. The number of primary amides is 1. The van der Waals surface area contributed by atoms with Crippen molar-refractivity contribution in [3.8, 4) is 5.69 Å². The molecule has 30 heavy (non-hydrogen) atoms. The summed E-state index contributed by atoms with van der Waals surface area (Å²) in [6.45, 7) is 0. The molecule has 4 rings (SSSR count). The van der Waals surface area contributed by atoms with E-state index >= 15 is 0 Å². The van der Waals surface area contributed by atoms with Gasteiger partial charge in [0.05, 0.1) is 24.1 Å². The molecule has 1 saturated carbocycles. The summed E-state index contributed by atoms with van der Waals surface area (Å²) in [5.74, 6) is -0.0935. The van der Waals surface area contributed by atoms with Gasteiger partial charge < -0.3 is 16.4 Å². The molecular formula is C19H21N9O2. The molecule has 1 fully saturated rings. The second-order valence-electron chi connectivity index (χ2n) is 7.02. The highest BCUT2D eigenvalue weighted by atomic mass is 16.3. The predicted molar refractivity (Wildman–Crippen MR) is 111 cm³/mol. The topological polar surface area (TPSA) is 153 Å². The van der Waals surface area contributed by atoms with Crippen molar-refractivity contribution in [3.63, 3.8) is 0 Å². The second-order valence-corrected chi connectivity index (χ2v) is 7.02. The minimum absolute atomic E-state index is 0.141. The molecule has 0 unspecified atom stereocenters. The molecule has 1 aromatic carbocycles. The lowest BCUT2D eigenvalue weighted by molar-refractivity contribution is 0.100. The lowest BCUT2D eigenvalue weighted by Crippen LogP contribution is -2.35. The lowest BCUT2D eigenvalue weighted by atomic mass is 9.91. The molecule has 1 amide bonds. The van der Waals surface area contributed by atoms with Crippen molar-refractivity contribution in [2.75, 3.05) is 10.6 Å². The molecule has 0 saturated heterocycles. The normalized spacial score (nSPS) is 18.5. The van der Waals surface area contributed by atoms with Crippen molar-refractivity contribution in [3.05, 3.63) is 53.3 Å². The van der Waals surface area contributed by atoms with E-state index in [4.69, 9.17) is 5.73 Å². The van der Waals surface area contributed by atoms with E-state index in [1.54, 1.807) is 12.4 Å². The summed E-state index contributed by atoms with van der Waals surface area (Å²) in [6.07, 6.45) is 8.05. The third kappa shape index (κ3) is 4.24. The number of carbonyl (C=O) groups is 1. The fourth-order valence-corrected chi connectivity index (χ4v) is 3.49. The second kappa shape index (κ2) is 8.64. The van der Waals surface area contributed by atoms with Gasteiger partial charge in [-0.3, -0.25) is 4.79 Å². The summed E-state index contributed by atoms with van der Waals surface area (Å²) in [5, 5.41) is 17.7. The van der Waals surface area contributed by atoms with E-state index in [0.29, 0.717) is 11.6 Å². The van der Waals surface area contributed by atoms with Gasteiger partial charge in [-0.2, -0.15) is 24.9 Å². The van der Waals surface area contributed by atoms with Crippen LogP contribution in [0.3, 0.4) is 0 Å². The molecule has 2 atom stereocenters. The number of aromatic nitrogens is 5. The van der Waals surface area contributed by atoms with Crippen molar-refractivity contribution in [2.24, 2.45) is 10.9 Å². The first-order valence-electron chi connectivity index (χ1n) is 9.63. The molecule has 0 aliphatic heterocycles. The number of hydrogen-bond acceptors (Lipinski definition) is 9. The van der Waals surface area contributed by atoms with Gasteiger partial charge in [0.15, 0.2) is 0 Å². The van der Waals surface area contributed by atoms with E-state index in [-0.39, 0.29) is 23.5 Å². The summed E-state index contributed by atoms with van der Waals surface area (Å²) >= 11 is 0. The first-order valence-corrected chi connectivity index (χ1v) is 9.63. The number of nitroso groups, excluding NO2 is 1. The molecule has 154 valence electrons. The zero-order valence-electron chi connectivity index (χ0n) is 16.1.